The van der Waals surface area contributed by atoms with Crippen LogP contribution in [0, 0.1) is 0 Å². The van der Waals surface area contributed by atoms with Crippen LogP contribution in [-0.2, 0) is 4.74 Å². The summed E-state index contributed by atoms with van der Waals surface area (Å²) in [7, 11) is 1.55. The van der Waals surface area contributed by atoms with Crippen LogP contribution in [0.4, 0.5) is 0 Å². The number of likely N-dealkylation sites (N-methyl/N-ethyl adjacent to an activating group) is 1. The van der Waals surface area contributed by atoms with Gasteiger partial charge in [-0.1, -0.05) is 0 Å². The summed E-state index contributed by atoms with van der Waals surface area (Å²) < 4.78 is 5.06. The molecule has 0 amide bonds. The Balaban J connectivity index is 2.66. The highest BCUT2D eigenvalue weighted by atomic mass is 16.6. The highest BCUT2D eigenvalue weighted by Crippen LogP contribution is 2.18. The fourth-order valence-electron chi connectivity index (χ4n) is 1.34. The van der Waals surface area contributed by atoms with E-state index in [1.165, 1.54) is 0 Å². The number of hydrogen-bond donors (Lipinski definition) is 5. The van der Waals surface area contributed by atoms with Crippen molar-refractivity contribution >= 4 is 0 Å². The summed E-state index contributed by atoms with van der Waals surface area (Å²) in [6.07, 6.45) is -5.39. The predicted octanol–water partition coefficient (Wildman–Crippen LogP) is -2.99. The molecule has 0 unspecified atom stereocenters. The van der Waals surface area contributed by atoms with Crippen molar-refractivity contribution in [1.82, 2.24) is 5.32 Å². The maximum absolute atomic E-state index is 9.34. The largest absolute Gasteiger partial charge is 0.394 e. The van der Waals surface area contributed by atoms with Gasteiger partial charge in [-0.25, -0.2) is 0 Å². The van der Waals surface area contributed by atoms with Crippen LogP contribution >= 0.6 is 0 Å². The SMILES string of the molecule is CN[C@H]1O[C@H](CO)[C@@H](O)[C@H](O)[C@H]1O. The molecule has 0 bridgehead atoms. The molecule has 0 aliphatic carbocycles. The van der Waals surface area contributed by atoms with E-state index in [-0.39, 0.29) is 0 Å². The average Bonchev–Trinajstić information content (AvgIpc) is 2.15. The standard InChI is InChI=1S/C7H15NO5/c1-8-7-6(12)5(11)4(10)3(2-9)13-7/h3-12H,2H2,1H3/t3-,4-,5+,6-,7+/m1/s1. The van der Waals surface area contributed by atoms with Gasteiger partial charge >= 0.3 is 0 Å². The molecule has 1 saturated heterocycles. The molecular formula is C7H15NO5. The lowest BCUT2D eigenvalue weighted by Crippen LogP contribution is -2.61. The molecule has 1 rings (SSSR count). The van der Waals surface area contributed by atoms with E-state index < -0.39 is 37.3 Å². The Hall–Kier alpha value is -0.240. The maximum Gasteiger partial charge on any atom is 0.137 e. The Morgan fingerprint density at radius 1 is 1.15 bits per heavy atom. The zero-order chi connectivity index (χ0) is 10.0. The Bertz CT molecular complexity index is 147. The summed E-state index contributed by atoms with van der Waals surface area (Å²) in [5.74, 6) is 0. The highest BCUT2D eigenvalue weighted by molar-refractivity contribution is 4.90. The van der Waals surface area contributed by atoms with Crippen LogP contribution in [0.3, 0.4) is 0 Å². The normalized spacial score (nSPS) is 46.4. The molecule has 78 valence electrons. The zero-order valence-electron chi connectivity index (χ0n) is 7.29. The minimum absolute atomic E-state index is 0.400. The number of ether oxygens (including phenoxy) is 1. The minimum Gasteiger partial charge on any atom is -0.394 e. The average molecular weight is 193 g/mol. The smallest absolute Gasteiger partial charge is 0.137 e. The monoisotopic (exact) mass is 193 g/mol. The van der Waals surface area contributed by atoms with E-state index in [9.17, 15) is 15.3 Å². The van der Waals surface area contributed by atoms with Crippen LogP contribution < -0.4 is 5.32 Å². The third-order valence-corrected chi connectivity index (χ3v) is 2.18. The molecule has 0 saturated carbocycles. The minimum atomic E-state index is -1.30. The van der Waals surface area contributed by atoms with Gasteiger partial charge in [-0.2, -0.15) is 0 Å². The van der Waals surface area contributed by atoms with Gasteiger partial charge in [-0.3, -0.25) is 5.32 Å². The van der Waals surface area contributed by atoms with Crippen molar-refractivity contribution in [3.05, 3.63) is 0 Å². The lowest BCUT2D eigenvalue weighted by molar-refractivity contribution is -0.235. The molecule has 5 N–H and O–H groups in total. The molecule has 6 heteroatoms. The molecule has 0 aromatic rings. The van der Waals surface area contributed by atoms with Crippen molar-refractivity contribution in [3.8, 4) is 0 Å². The summed E-state index contributed by atoms with van der Waals surface area (Å²) in [5.41, 5.74) is 0. The van der Waals surface area contributed by atoms with Crippen LogP contribution in [0.5, 0.6) is 0 Å². The first-order valence-corrected chi connectivity index (χ1v) is 4.09. The first-order valence-electron chi connectivity index (χ1n) is 4.09. The third kappa shape index (κ3) is 1.98. The van der Waals surface area contributed by atoms with E-state index >= 15 is 0 Å². The first kappa shape index (κ1) is 10.8. The number of nitrogens with one attached hydrogen (secondary N) is 1. The van der Waals surface area contributed by atoms with Gasteiger partial charge in [0.1, 0.15) is 30.6 Å². The van der Waals surface area contributed by atoms with E-state index in [2.05, 4.69) is 5.32 Å². The van der Waals surface area contributed by atoms with E-state index in [4.69, 9.17) is 9.84 Å². The molecule has 5 atom stereocenters. The second-order valence-electron chi connectivity index (χ2n) is 3.04. The van der Waals surface area contributed by atoms with Crippen LogP contribution in [0.1, 0.15) is 0 Å². The van der Waals surface area contributed by atoms with Gasteiger partial charge in [0.05, 0.1) is 6.61 Å². The second-order valence-corrected chi connectivity index (χ2v) is 3.04. The second kappa shape index (κ2) is 4.32. The number of aliphatic hydroxyl groups excluding tert-OH is 4. The van der Waals surface area contributed by atoms with Crippen molar-refractivity contribution in [3.63, 3.8) is 0 Å². The van der Waals surface area contributed by atoms with Gasteiger partial charge in [0.25, 0.3) is 0 Å². The quantitative estimate of drug-likeness (QED) is 0.320. The molecule has 1 fully saturated rings. The maximum atomic E-state index is 9.34. The van der Waals surface area contributed by atoms with E-state index in [1.807, 2.05) is 0 Å². The summed E-state index contributed by atoms with van der Waals surface area (Å²) in [6, 6.07) is 0. The Labute approximate surface area is 75.8 Å². The van der Waals surface area contributed by atoms with Crippen LogP contribution in [0.2, 0.25) is 0 Å². The molecule has 0 spiro atoms. The summed E-state index contributed by atoms with van der Waals surface area (Å²) in [4.78, 5) is 0. The molecule has 0 aromatic carbocycles. The fraction of sp³-hybridized carbons (Fsp3) is 1.00. The van der Waals surface area contributed by atoms with Gasteiger partial charge < -0.3 is 25.2 Å². The molecule has 0 aromatic heterocycles. The summed E-state index contributed by atoms with van der Waals surface area (Å²) >= 11 is 0. The summed E-state index contributed by atoms with van der Waals surface area (Å²) in [5, 5.41) is 39.3. The van der Waals surface area contributed by atoms with Gasteiger partial charge in [-0.15, -0.1) is 0 Å². The molecule has 0 radical (unpaired) electrons. The van der Waals surface area contributed by atoms with Crippen LogP contribution in [0.25, 0.3) is 0 Å². The van der Waals surface area contributed by atoms with Crippen molar-refractivity contribution in [2.75, 3.05) is 13.7 Å². The number of hydrogen-bond acceptors (Lipinski definition) is 6. The highest BCUT2D eigenvalue weighted by Gasteiger charge is 2.42. The lowest BCUT2D eigenvalue weighted by atomic mass is 9.98. The summed E-state index contributed by atoms with van der Waals surface area (Å²) in [6.45, 7) is -0.400. The van der Waals surface area contributed by atoms with Crippen molar-refractivity contribution in [2.45, 2.75) is 30.6 Å². The molecule has 6 nitrogen and oxygen atoms in total. The Morgan fingerprint density at radius 2 is 1.77 bits per heavy atom. The Kier molecular flexibility index (Phi) is 3.60. The lowest BCUT2D eigenvalue weighted by Gasteiger charge is -2.39. The number of rotatable bonds is 2. The van der Waals surface area contributed by atoms with Crippen LogP contribution in [0.15, 0.2) is 0 Å². The van der Waals surface area contributed by atoms with Crippen molar-refractivity contribution in [1.29, 1.82) is 0 Å². The van der Waals surface area contributed by atoms with Crippen LogP contribution in [-0.4, -0.2) is 64.7 Å². The van der Waals surface area contributed by atoms with Gasteiger partial charge in [0.15, 0.2) is 0 Å². The molecule has 1 aliphatic heterocycles. The van der Waals surface area contributed by atoms with E-state index in [0.29, 0.717) is 0 Å². The molecule has 1 heterocycles. The van der Waals surface area contributed by atoms with Gasteiger partial charge in [-0.05, 0) is 7.05 Å². The number of aliphatic hydroxyl groups is 4. The Morgan fingerprint density at radius 3 is 2.23 bits per heavy atom. The predicted molar refractivity (Wildman–Crippen MR) is 42.8 cm³/mol. The topological polar surface area (TPSA) is 102 Å². The molecular weight excluding hydrogens is 178 g/mol. The molecule has 1 aliphatic rings. The first-order chi connectivity index (χ1) is 6.11. The fourth-order valence-corrected chi connectivity index (χ4v) is 1.34. The van der Waals surface area contributed by atoms with E-state index in [0.717, 1.165) is 0 Å². The zero-order valence-corrected chi connectivity index (χ0v) is 7.29. The van der Waals surface area contributed by atoms with Crippen molar-refractivity contribution in [2.24, 2.45) is 0 Å². The third-order valence-electron chi connectivity index (χ3n) is 2.18. The van der Waals surface area contributed by atoms with Gasteiger partial charge in [0, 0.05) is 0 Å². The molecule has 13 heavy (non-hydrogen) atoms. The van der Waals surface area contributed by atoms with Crippen molar-refractivity contribution < 1.29 is 25.2 Å². The van der Waals surface area contributed by atoms with E-state index in [1.54, 1.807) is 7.05 Å². The van der Waals surface area contributed by atoms with Gasteiger partial charge in [0.2, 0.25) is 0 Å².